The Bertz CT molecular complexity index is 1510. The molecule has 0 aliphatic carbocycles. The molecule has 5 N–H and O–H groups in total. The van der Waals surface area contributed by atoms with Gasteiger partial charge in [-0.1, -0.05) is 30.3 Å². The van der Waals surface area contributed by atoms with E-state index in [1.54, 1.807) is 24.4 Å². The number of para-hydroxylation sites is 2. The molecule has 35 heavy (non-hydrogen) atoms. The molecular weight excluding hydrogens is 448 g/mol. The summed E-state index contributed by atoms with van der Waals surface area (Å²) < 4.78 is 7.11. The normalized spacial score (nSPS) is 13.8. The Hall–Kier alpha value is -4.21. The van der Waals surface area contributed by atoms with E-state index >= 15 is 0 Å². The van der Waals surface area contributed by atoms with Crippen molar-refractivity contribution in [3.8, 4) is 0 Å². The fourth-order valence-electron chi connectivity index (χ4n) is 4.61. The van der Waals surface area contributed by atoms with Gasteiger partial charge in [0.05, 0.1) is 28.8 Å². The quantitative estimate of drug-likeness (QED) is 0.229. The minimum atomic E-state index is -0.595. The molecule has 0 atom stereocenters. The SMILES string of the molecule is NCCCn1cc(C2=C(c3c[nH]c4c(C(=O)OCCO)cccc34)C(=O)NC2=O)c2ccccc21. The number of nitrogens with two attached hydrogens (primary N) is 1. The lowest BCUT2D eigenvalue weighted by Crippen LogP contribution is -2.22. The van der Waals surface area contributed by atoms with Gasteiger partial charge in [-0.05, 0) is 25.1 Å². The van der Waals surface area contributed by atoms with Crippen LogP contribution in [0, 0.1) is 0 Å². The van der Waals surface area contributed by atoms with Gasteiger partial charge < -0.3 is 25.1 Å². The number of aliphatic hydroxyl groups excluding tert-OH is 1. The number of aliphatic hydroxyl groups is 1. The molecule has 5 rings (SSSR count). The number of aromatic amines is 1. The number of aromatic nitrogens is 2. The summed E-state index contributed by atoms with van der Waals surface area (Å²) in [7, 11) is 0. The zero-order valence-electron chi connectivity index (χ0n) is 18.8. The monoisotopic (exact) mass is 472 g/mol. The van der Waals surface area contributed by atoms with E-state index in [1.807, 2.05) is 35.0 Å². The largest absolute Gasteiger partial charge is 0.460 e. The summed E-state index contributed by atoms with van der Waals surface area (Å²) in [5.74, 6) is -1.57. The van der Waals surface area contributed by atoms with Crippen LogP contribution in [0.4, 0.5) is 0 Å². The van der Waals surface area contributed by atoms with E-state index in [2.05, 4.69) is 10.3 Å². The molecule has 0 spiro atoms. The topological polar surface area (TPSA) is 139 Å². The van der Waals surface area contributed by atoms with Gasteiger partial charge in [-0.2, -0.15) is 0 Å². The van der Waals surface area contributed by atoms with Crippen LogP contribution in [0.3, 0.4) is 0 Å². The van der Waals surface area contributed by atoms with Crippen molar-refractivity contribution < 1.29 is 24.2 Å². The lowest BCUT2D eigenvalue weighted by atomic mass is 9.95. The average molecular weight is 473 g/mol. The Morgan fingerprint density at radius 2 is 1.74 bits per heavy atom. The molecule has 1 aliphatic rings. The molecule has 4 aromatic rings. The summed E-state index contributed by atoms with van der Waals surface area (Å²) in [6.07, 6.45) is 4.28. The van der Waals surface area contributed by atoms with E-state index in [0.717, 1.165) is 17.3 Å². The minimum Gasteiger partial charge on any atom is -0.460 e. The Labute approximate surface area is 200 Å². The van der Waals surface area contributed by atoms with Crippen LogP contribution in [0.2, 0.25) is 0 Å². The van der Waals surface area contributed by atoms with Crippen LogP contribution >= 0.6 is 0 Å². The second-order valence-corrected chi connectivity index (χ2v) is 8.22. The van der Waals surface area contributed by atoms with Crippen molar-refractivity contribution >= 4 is 50.7 Å². The molecule has 2 aromatic heterocycles. The molecule has 1 aliphatic heterocycles. The van der Waals surface area contributed by atoms with E-state index in [0.29, 0.717) is 35.1 Å². The molecule has 0 unspecified atom stereocenters. The van der Waals surface area contributed by atoms with Crippen LogP contribution in [-0.2, 0) is 20.9 Å². The Kier molecular flexibility index (Phi) is 5.94. The highest BCUT2D eigenvalue weighted by Crippen LogP contribution is 2.38. The van der Waals surface area contributed by atoms with Crippen LogP contribution in [0.1, 0.15) is 27.9 Å². The van der Waals surface area contributed by atoms with Crippen molar-refractivity contribution in [1.29, 1.82) is 0 Å². The highest BCUT2D eigenvalue weighted by molar-refractivity contribution is 6.50. The number of ether oxygens (including phenoxy) is 1. The van der Waals surface area contributed by atoms with Crippen LogP contribution in [0.5, 0.6) is 0 Å². The maximum Gasteiger partial charge on any atom is 0.340 e. The average Bonchev–Trinajstić information content (AvgIpc) is 3.53. The second kappa shape index (κ2) is 9.21. The maximum atomic E-state index is 13.1. The minimum absolute atomic E-state index is 0.122. The molecule has 0 saturated heterocycles. The van der Waals surface area contributed by atoms with E-state index < -0.39 is 17.8 Å². The van der Waals surface area contributed by atoms with Gasteiger partial charge in [0.1, 0.15) is 6.61 Å². The summed E-state index contributed by atoms with van der Waals surface area (Å²) in [6.45, 7) is 0.813. The smallest absolute Gasteiger partial charge is 0.340 e. The number of rotatable bonds is 8. The third kappa shape index (κ3) is 3.80. The summed E-state index contributed by atoms with van der Waals surface area (Å²) >= 11 is 0. The molecule has 0 saturated carbocycles. The number of amides is 2. The van der Waals surface area contributed by atoms with Crippen molar-refractivity contribution in [3.63, 3.8) is 0 Å². The van der Waals surface area contributed by atoms with E-state index in [4.69, 9.17) is 15.6 Å². The molecule has 3 heterocycles. The number of H-pyrrole nitrogens is 1. The molecular formula is C26H24N4O5. The van der Waals surface area contributed by atoms with Crippen molar-refractivity contribution in [3.05, 3.63) is 71.5 Å². The first-order valence-electron chi connectivity index (χ1n) is 11.3. The van der Waals surface area contributed by atoms with Gasteiger partial charge in [-0.25, -0.2) is 4.79 Å². The number of nitrogens with zero attached hydrogens (tertiary/aromatic N) is 1. The third-order valence-corrected chi connectivity index (χ3v) is 6.12. The lowest BCUT2D eigenvalue weighted by molar-refractivity contribution is -0.122. The summed E-state index contributed by atoms with van der Waals surface area (Å²) in [6, 6.07) is 12.8. The third-order valence-electron chi connectivity index (χ3n) is 6.12. The number of esters is 1. The first kappa shape index (κ1) is 22.6. The van der Waals surface area contributed by atoms with Crippen LogP contribution in [0.25, 0.3) is 33.0 Å². The Morgan fingerprint density at radius 1 is 1.00 bits per heavy atom. The molecule has 0 bridgehead atoms. The standard InChI is InChI=1S/C26H24N4O5/c27-9-4-10-30-14-19(15-5-1-2-8-20(15)30)22-21(24(32)29-25(22)33)18-13-28-23-16(18)6-3-7-17(23)26(34)35-12-11-31/h1-3,5-8,13-14,28,31H,4,9-12,27H2,(H,29,32,33). The summed E-state index contributed by atoms with van der Waals surface area (Å²) in [5.41, 5.74) is 9.10. The van der Waals surface area contributed by atoms with Gasteiger partial charge in [0.2, 0.25) is 0 Å². The number of imide groups is 1. The van der Waals surface area contributed by atoms with E-state index in [1.165, 1.54) is 0 Å². The molecule has 0 radical (unpaired) electrons. The lowest BCUT2D eigenvalue weighted by Gasteiger charge is -2.05. The number of nitrogens with one attached hydrogen (secondary N) is 2. The Balaban J connectivity index is 1.70. The molecule has 2 amide bonds. The summed E-state index contributed by atoms with van der Waals surface area (Å²) in [4.78, 5) is 41.6. The predicted molar refractivity (Wildman–Crippen MR) is 131 cm³/mol. The fraction of sp³-hybridized carbons (Fsp3) is 0.192. The van der Waals surface area contributed by atoms with Gasteiger partial charge in [-0.3, -0.25) is 14.9 Å². The van der Waals surface area contributed by atoms with Gasteiger partial charge in [0.15, 0.2) is 0 Å². The van der Waals surface area contributed by atoms with Crippen molar-refractivity contribution in [2.24, 2.45) is 5.73 Å². The number of benzene rings is 2. The van der Waals surface area contributed by atoms with Crippen LogP contribution in [0.15, 0.2) is 54.9 Å². The first-order chi connectivity index (χ1) is 17.0. The van der Waals surface area contributed by atoms with Crippen LogP contribution in [-0.4, -0.2) is 52.2 Å². The molecule has 2 aromatic carbocycles. The second-order valence-electron chi connectivity index (χ2n) is 8.22. The van der Waals surface area contributed by atoms with Gasteiger partial charge in [0, 0.05) is 46.4 Å². The van der Waals surface area contributed by atoms with Crippen LogP contribution < -0.4 is 11.1 Å². The van der Waals surface area contributed by atoms with Crippen molar-refractivity contribution in [2.45, 2.75) is 13.0 Å². The summed E-state index contributed by atoms with van der Waals surface area (Å²) in [5, 5.41) is 12.9. The number of hydrogen-bond donors (Lipinski definition) is 4. The predicted octanol–water partition coefficient (Wildman–Crippen LogP) is 2.19. The molecule has 178 valence electrons. The van der Waals surface area contributed by atoms with Gasteiger partial charge >= 0.3 is 5.97 Å². The van der Waals surface area contributed by atoms with Gasteiger partial charge in [0.25, 0.3) is 11.8 Å². The van der Waals surface area contributed by atoms with Crippen molar-refractivity contribution in [2.75, 3.05) is 19.8 Å². The first-order valence-corrected chi connectivity index (χ1v) is 11.3. The Morgan fingerprint density at radius 3 is 2.51 bits per heavy atom. The highest BCUT2D eigenvalue weighted by atomic mass is 16.5. The molecule has 0 fully saturated rings. The molecule has 9 nitrogen and oxygen atoms in total. The number of carbonyl (C=O) groups excluding carboxylic acids is 3. The van der Waals surface area contributed by atoms with Gasteiger partial charge in [-0.15, -0.1) is 0 Å². The van der Waals surface area contributed by atoms with E-state index in [-0.39, 0.29) is 29.9 Å². The zero-order valence-corrected chi connectivity index (χ0v) is 18.8. The number of aryl methyl sites for hydroxylation is 1. The van der Waals surface area contributed by atoms with E-state index in [9.17, 15) is 14.4 Å². The number of fused-ring (bicyclic) bond motifs is 2. The van der Waals surface area contributed by atoms with Crippen molar-refractivity contribution in [1.82, 2.24) is 14.9 Å². The molecule has 9 heteroatoms. The number of carbonyl (C=O) groups is 3. The maximum absolute atomic E-state index is 13.1. The fourth-order valence-corrected chi connectivity index (χ4v) is 4.61. The number of hydrogen-bond acceptors (Lipinski definition) is 6. The zero-order chi connectivity index (χ0) is 24.5. The highest BCUT2D eigenvalue weighted by Gasteiger charge is 2.35.